The molecule has 1 aromatic heterocycles. The maximum Gasteiger partial charge on any atom is 0.410 e. The van der Waals surface area contributed by atoms with E-state index in [0.29, 0.717) is 41.7 Å². The van der Waals surface area contributed by atoms with Gasteiger partial charge >= 0.3 is 6.09 Å². The van der Waals surface area contributed by atoms with Crippen LogP contribution in [0.4, 0.5) is 9.80 Å². The van der Waals surface area contributed by atoms with Gasteiger partial charge in [0.25, 0.3) is 5.91 Å². The van der Waals surface area contributed by atoms with Gasteiger partial charge in [-0.15, -0.1) is 11.3 Å². The van der Waals surface area contributed by atoms with E-state index in [4.69, 9.17) is 27.9 Å². The lowest BCUT2D eigenvalue weighted by Gasteiger charge is -2.25. The summed E-state index contributed by atoms with van der Waals surface area (Å²) in [6.45, 7) is 2.87. The number of carbonyl (C=O) groups is 2. The van der Waals surface area contributed by atoms with Crippen molar-refractivity contribution < 1.29 is 14.3 Å². The van der Waals surface area contributed by atoms with Gasteiger partial charge in [-0.2, -0.15) is 5.26 Å². The number of hydrogen-bond donors (Lipinski definition) is 1. The first kappa shape index (κ1) is 19.5. The number of anilines is 1. The lowest BCUT2D eigenvalue weighted by Crippen LogP contribution is -2.35. The molecule has 0 radical (unpaired) electrons. The lowest BCUT2D eigenvalue weighted by atomic mass is 10.0. The van der Waals surface area contributed by atoms with Gasteiger partial charge in [0.1, 0.15) is 11.1 Å². The molecule has 0 fully saturated rings. The number of benzene rings is 1. The third-order valence-electron chi connectivity index (χ3n) is 4.09. The first-order chi connectivity index (χ1) is 12.9. The smallest absolute Gasteiger partial charge is 0.410 e. The topological polar surface area (TPSA) is 82.4 Å². The SMILES string of the molecule is CCOC(=O)N1CCc2c(sc(NC(=O)c3cc(Cl)ccc3Cl)c2C#N)C1. The second-order valence-corrected chi connectivity index (χ2v) is 7.72. The quantitative estimate of drug-likeness (QED) is 0.775. The molecule has 140 valence electrons. The number of nitrogens with zero attached hydrogens (tertiary/aromatic N) is 2. The molecule has 1 aromatic carbocycles. The summed E-state index contributed by atoms with van der Waals surface area (Å²) in [4.78, 5) is 27.0. The van der Waals surface area contributed by atoms with Crippen LogP contribution in [0, 0.1) is 11.3 Å². The van der Waals surface area contributed by atoms with E-state index < -0.39 is 5.91 Å². The fourth-order valence-electron chi connectivity index (χ4n) is 2.82. The molecule has 9 heteroatoms. The zero-order valence-corrected chi connectivity index (χ0v) is 16.7. The zero-order valence-electron chi connectivity index (χ0n) is 14.3. The Morgan fingerprint density at radius 2 is 2.19 bits per heavy atom. The first-order valence-electron chi connectivity index (χ1n) is 8.17. The Morgan fingerprint density at radius 3 is 2.89 bits per heavy atom. The van der Waals surface area contributed by atoms with Crippen LogP contribution in [0.2, 0.25) is 10.0 Å². The molecule has 27 heavy (non-hydrogen) atoms. The van der Waals surface area contributed by atoms with Crippen molar-refractivity contribution in [1.29, 1.82) is 5.26 Å². The number of ether oxygens (including phenoxy) is 1. The minimum Gasteiger partial charge on any atom is -0.450 e. The van der Waals surface area contributed by atoms with Crippen molar-refractivity contribution >= 4 is 51.5 Å². The number of amides is 2. The highest BCUT2D eigenvalue weighted by Crippen LogP contribution is 2.37. The Balaban J connectivity index is 1.86. The Labute approximate surface area is 170 Å². The Morgan fingerprint density at radius 1 is 1.41 bits per heavy atom. The summed E-state index contributed by atoms with van der Waals surface area (Å²) < 4.78 is 5.04. The number of nitrogens with one attached hydrogen (secondary N) is 1. The highest BCUT2D eigenvalue weighted by atomic mass is 35.5. The van der Waals surface area contributed by atoms with Gasteiger partial charge in [-0.05, 0) is 37.1 Å². The van der Waals surface area contributed by atoms with Crippen LogP contribution in [0.15, 0.2) is 18.2 Å². The van der Waals surface area contributed by atoms with Crippen molar-refractivity contribution in [3.05, 3.63) is 49.8 Å². The number of rotatable bonds is 3. The van der Waals surface area contributed by atoms with Crippen LogP contribution in [0.25, 0.3) is 0 Å². The van der Waals surface area contributed by atoms with Gasteiger partial charge in [-0.1, -0.05) is 23.2 Å². The van der Waals surface area contributed by atoms with Crippen molar-refractivity contribution in [2.75, 3.05) is 18.5 Å². The van der Waals surface area contributed by atoms with Crippen LogP contribution in [-0.4, -0.2) is 30.1 Å². The van der Waals surface area contributed by atoms with E-state index in [1.165, 1.54) is 17.4 Å². The largest absolute Gasteiger partial charge is 0.450 e. The summed E-state index contributed by atoms with van der Waals surface area (Å²) >= 11 is 13.3. The Bertz CT molecular complexity index is 952. The van der Waals surface area contributed by atoms with Crippen molar-refractivity contribution in [1.82, 2.24) is 4.90 Å². The fourth-order valence-corrected chi connectivity index (χ4v) is 4.41. The number of halogens is 2. The Hall–Kier alpha value is -2.27. The van der Waals surface area contributed by atoms with Gasteiger partial charge in [0.2, 0.25) is 0 Å². The zero-order chi connectivity index (χ0) is 19.6. The maximum atomic E-state index is 12.6. The van der Waals surface area contributed by atoms with Crippen molar-refractivity contribution in [2.45, 2.75) is 19.9 Å². The predicted octanol–water partition coefficient (Wildman–Crippen LogP) is 4.69. The van der Waals surface area contributed by atoms with Crippen LogP contribution >= 0.6 is 34.5 Å². The van der Waals surface area contributed by atoms with E-state index in [-0.39, 0.29) is 16.7 Å². The molecule has 0 aliphatic carbocycles. The minimum atomic E-state index is -0.445. The molecule has 2 amide bonds. The molecule has 1 aliphatic rings. The summed E-state index contributed by atoms with van der Waals surface area (Å²) in [5.41, 5.74) is 1.51. The molecule has 1 N–H and O–H groups in total. The maximum absolute atomic E-state index is 12.6. The third kappa shape index (κ3) is 4.03. The number of thiophene rings is 1. The minimum absolute atomic E-state index is 0.229. The molecule has 0 atom stereocenters. The molecule has 6 nitrogen and oxygen atoms in total. The van der Waals surface area contributed by atoms with Crippen LogP contribution in [0.5, 0.6) is 0 Å². The lowest BCUT2D eigenvalue weighted by molar-refractivity contribution is 0.102. The van der Waals surface area contributed by atoms with E-state index in [1.54, 1.807) is 24.0 Å². The van der Waals surface area contributed by atoms with Crippen LogP contribution in [0.3, 0.4) is 0 Å². The van der Waals surface area contributed by atoms with Gasteiger partial charge in [-0.25, -0.2) is 4.79 Å². The second kappa shape index (κ2) is 8.17. The average Bonchev–Trinajstić information content (AvgIpc) is 2.99. The van der Waals surface area contributed by atoms with E-state index in [2.05, 4.69) is 11.4 Å². The monoisotopic (exact) mass is 423 g/mol. The molecule has 2 heterocycles. The van der Waals surface area contributed by atoms with E-state index in [9.17, 15) is 14.9 Å². The van der Waals surface area contributed by atoms with E-state index in [0.717, 1.165) is 10.4 Å². The number of nitriles is 1. The second-order valence-electron chi connectivity index (χ2n) is 5.77. The van der Waals surface area contributed by atoms with Gasteiger partial charge in [-0.3, -0.25) is 4.79 Å². The Kier molecular flexibility index (Phi) is 5.90. The van der Waals surface area contributed by atoms with Crippen LogP contribution in [-0.2, 0) is 17.7 Å². The van der Waals surface area contributed by atoms with Crippen molar-refractivity contribution in [2.24, 2.45) is 0 Å². The van der Waals surface area contributed by atoms with Gasteiger partial charge in [0.15, 0.2) is 0 Å². The molecule has 0 unspecified atom stereocenters. The molecular weight excluding hydrogens is 409 g/mol. The molecule has 3 rings (SSSR count). The van der Waals surface area contributed by atoms with Gasteiger partial charge in [0, 0.05) is 16.4 Å². The van der Waals surface area contributed by atoms with E-state index >= 15 is 0 Å². The summed E-state index contributed by atoms with van der Waals surface area (Å²) in [5, 5.41) is 13.4. The van der Waals surface area contributed by atoms with Crippen LogP contribution in [0.1, 0.15) is 33.3 Å². The molecule has 0 spiro atoms. The van der Waals surface area contributed by atoms with Crippen molar-refractivity contribution in [3.63, 3.8) is 0 Å². The fraction of sp³-hybridized carbons (Fsp3) is 0.278. The first-order valence-corrected chi connectivity index (χ1v) is 9.74. The van der Waals surface area contributed by atoms with E-state index in [1.807, 2.05) is 0 Å². The molecule has 0 saturated heterocycles. The molecule has 1 aliphatic heterocycles. The summed E-state index contributed by atoms with van der Waals surface area (Å²) in [7, 11) is 0. The number of carbonyl (C=O) groups excluding carboxylic acids is 2. The van der Waals surface area contributed by atoms with Crippen LogP contribution < -0.4 is 5.32 Å². The molecular formula is C18H15Cl2N3O3S. The average molecular weight is 424 g/mol. The molecule has 2 aromatic rings. The highest BCUT2D eigenvalue weighted by molar-refractivity contribution is 7.16. The third-order valence-corrected chi connectivity index (χ3v) is 5.79. The number of hydrogen-bond acceptors (Lipinski definition) is 5. The highest BCUT2D eigenvalue weighted by Gasteiger charge is 2.28. The molecule has 0 bridgehead atoms. The van der Waals surface area contributed by atoms with Crippen molar-refractivity contribution in [3.8, 4) is 6.07 Å². The summed E-state index contributed by atoms with van der Waals surface area (Å²) in [6.07, 6.45) is 0.146. The summed E-state index contributed by atoms with van der Waals surface area (Å²) in [5.74, 6) is -0.445. The number of fused-ring (bicyclic) bond motifs is 1. The van der Waals surface area contributed by atoms with Gasteiger partial charge < -0.3 is 15.0 Å². The predicted molar refractivity (Wildman–Crippen MR) is 105 cm³/mol. The normalized spacial score (nSPS) is 12.9. The standard InChI is InChI=1S/C18H15Cl2N3O3S/c1-2-26-18(25)23-6-5-11-13(8-21)17(27-15(11)9-23)22-16(24)12-7-10(19)3-4-14(12)20/h3-4,7H,2,5-6,9H2,1H3,(H,22,24). The molecule has 0 saturated carbocycles. The van der Waals surface area contributed by atoms with Gasteiger partial charge in [0.05, 0.1) is 29.3 Å². The summed E-state index contributed by atoms with van der Waals surface area (Å²) in [6, 6.07) is 6.77.